The van der Waals surface area contributed by atoms with Gasteiger partial charge >= 0.3 is 0 Å². The minimum Gasteiger partial charge on any atom is -0.497 e. The van der Waals surface area contributed by atoms with Crippen LogP contribution >= 0.6 is 0 Å². The number of ether oxygens (including phenoxy) is 2. The zero-order chi connectivity index (χ0) is 12.8. The van der Waals surface area contributed by atoms with Crippen molar-refractivity contribution in [2.75, 3.05) is 27.2 Å². The van der Waals surface area contributed by atoms with Gasteiger partial charge in [-0.1, -0.05) is 6.07 Å². The first kappa shape index (κ1) is 11.8. The first-order valence-electron chi connectivity index (χ1n) is 6.43. The van der Waals surface area contributed by atoms with Crippen LogP contribution in [0.3, 0.4) is 0 Å². The van der Waals surface area contributed by atoms with E-state index in [0.29, 0.717) is 0 Å². The van der Waals surface area contributed by atoms with Crippen LogP contribution in [0, 0.1) is 0 Å². The molecule has 4 nitrogen and oxygen atoms in total. The summed E-state index contributed by atoms with van der Waals surface area (Å²) in [4.78, 5) is 2.30. The molecule has 98 valence electrons. The normalized spacial score (nSPS) is 31.2. The Balaban J connectivity index is 1.95. The maximum absolute atomic E-state index is 6.30. The van der Waals surface area contributed by atoms with Crippen molar-refractivity contribution in [1.29, 1.82) is 0 Å². The molecule has 0 saturated carbocycles. The third kappa shape index (κ3) is 1.85. The van der Waals surface area contributed by atoms with Crippen LogP contribution in [0.5, 0.6) is 11.5 Å². The maximum atomic E-state index is 6.30. The van der Waals surface area contributed by atoms with Crippen LogP contribution in [0.25, 0.3) is 0 Å². The molecule has 1 fully saturated rings. The Morgan fingerprint density at radius 1 is 1.50 bits per heavy atom. The van der Waals surface area contributed by atoms with Crippen LogP contribution in [0.4, 0.5) is 0 Å². The molecule has 2 aliphatic heterocycles. The van der Waals surface area contributed by atoms with Crippen molar-refractivity contribution >= 4 is 0 Å². The summed E-state index contributed by atoms with van der Waals surface area (Å²) in [7, 11) is 3.80. The number of fused-ring (bicyclic) bond motifs is 1. The monoisotopic (exact) mass is 248 g/mol. The Morgan fingerprint density at radius 2 is 2.33 bits per heavy atom. The third-order valence-corrected chi connectivity index (χ3v) is 4.05. The Hall–Kier alpha value is -1.26. The Bertz CT molecular complexity index is 463. The van der Waals surface area contributed by atoms with Gasteiger partial charge in [0.1, 0.15) is 17.1 Å². The summed E-state index contributed by atoms with van der Waals surface area (Å²) < 4.78 is 11.5. The molecule has 0 radical (unpaired) electrons. The fraction of sp³-hybridized carbons (Fsp3) is 0.571. The SMILES string of the molecule is COc1ccc2c(c1)OC1(CCN(C)C1)C[C@H]2N. The summed E-state index contributed by atoms with van der Waals surface area (Å²) in [5, 5.41) is 0. The molecule has 1 aromatic carbocycles. The smallest absolute Gasteiger partial charge is 0.128 e. The quantitative estimate of drug-likeness (QED) is 0.819. The molecule has 2 N–H and O–H groups in total. The highest BCUT2D eigenvalue weighted by Gasteiger charge is 2.44. The van der Waals surface area contributed by atoms with Crippen LogP contribution in [0.15, 0.2) is 18.2 Å². The lowest BCUT2D eigenvalue weighted by atomic mass is 9.87. The molecule has 1 aromatic rings. The third-order valence-electron chi connectivity index (χ3n) is 4.05. The van der Waals surface area contributed by atoms with Crippen molar-refractivity contribution in [3.8, 4) is 11.5 Å². The van der Waals surface area contributed by atoms with Gasteiger partial charge in [0.2, 0.25) is 0 Å². The lowest BCUT2D eigenvalue weighted by molar-refractivity contribution is 0.0464. The average Bonchev–Trinajstić information content (AvgIpc) is 2.69. The average molecular weight is 248 g/mol. The fourth-order valence-corrected chi connectivity index (χ4v) is 3.12. The number of benzene rings is 1. The van der Waals surface area contributed by atoms with Crippen LogP contribution in [-0.2, 0) is 0 Å². The van der Waals surface area contributed by atoms with E-state index in [4.69, 9.17) is 15.2 Å². The predicted molar refractivity (Wildman–Crippen MR) is 70.0 cm³/mol. The highest BCUT2D eigenvalue weighted by atomic mass is 16.5. The molecule has 1 spiro atoms. The summed E-state index contributed by atoms with van der Waals surface area (Å²) >= 11 is 0. The van der Waals surface area contributed by atoms with Gasteiger partial charge in [-0.3, -0.25) is 0 Å². The van der Waals surface area contributed by atoms with E-state index in [2.05, 4.69) is 11.9 Å². The lowest BCUT2D eigenvalue weighted by Crippen LogP contribution is -2.44. The first-order valence-corrected chi connectivity index (χ1v) is 6.43. The predicted octanol–water partition coefficient (Wildman–Crippen LogP) is 1.55. The highest BCUT2D eigenvalue weighted by molar-refractivity contribution is 5.44. The molecule has 0 bridgehead atoms. The summed E-state index contributed by atoms with van der Waals surface area (Å²) in [5.41, 5.74) is 7.29. The standard InChI is InChI=1S/C14H20N2O2/c1-16-6-5-14(9-16)8-12(15)11-4-3-10(17-2)7-13(11)18-14/h3-4,7,12H,5-6,8-9,15H2,1-2H3/t12-,14?/m1/s1. The summed E-state index contributed by atoms with van der Waals surface area (Å²) in [5.74, 6) is 1.72. The molecule has 2 atom stereocenters. The second kappa shape index (κ2) is 4.14. The van der Waals surface area contributed by atoms with Crippen LogP contribution < -0.4 is 15.2 Å². The largest absolute Gasteiger partial charge is 0.497 e. The zero-order valence-electron chi connectivity index (χ0n) is 11.0. The van der Waals surface area contributed by atoms with Crippen molar-refractivity contribution in [3.05, 3.63) is 23.8 Å². The van der Waals surface area contributed by atoms with Crippen LogP contribution in [-0.4, -0.2) is 37.7 Å². The Labute approximate surface area is 108 Å². The molecule has 0 amide bonds. The van der Waals surface area contributed by atoms with Gasteiger partial charge in [-0.15, -0.1) is 0 Å². The molecule has 18 heavy (non-hydrogen) atoms. The van der Waals surface area contributed by atoms with Gasteiger partial charge in [-0.05, 0) is 13.1 Å². The molecular weight excluding hydrogens is 228 g/mol. The minimum atomic E-state index is -0.104. The van der Waals surface area contributed by atoms with E-state index in [1.165, 1.54) is 0 Å². The van der Waals surface area contributed by atoms with Gasteiger partial charge in [0.15, 0.2) is 0 Å². The highest BCUT2D eigenvalue weighted by Crippen LogP contribution is 2.43. The van der Waals surface area contributed by atoms with E-state index in [1.807, 2.05) is 18.2 Å². The number of hydrogen-bond acceptors (Lipinski definition) is 4. The number of likely N-dealkylation sites (N-methyl/N-ethyl adjacent to an activating group) is 1. The molecule has 2 aliphatic rings. The molecule has 1 saturated heterocycles. The fourth-order valence-electron chi connectivity index (χ4n) is 3.12. The summed E-state index contributed by atoms with van der Waals surface area (Å²) in [6.07, 6.45) is 1.95. The molecule has 2 heterocycles. The zero-order valence-corrected chi connectivity index (χ0v) is 11.0. The van der Waals surface area contributed by atoms with Gasteiger partial charge < -0.3 is 20.1 Å². The van der Waals surface area contributed by atoms with E-state index < -0.39 is 0 Å². The number of nitrogens with zero attached hydrogens (tertiary/aromatic N) is 1. The van der Waals surface area contributed by atoms with Crippen molar-refractivity contribution < 1.29 is 9.47 Å². The van der Waals surface area contributed by atoms with Gasteiger partial charge in [0.25, 0.3) is 0 Å². The van der Waals surface area contributed by atoms with Gasteiger partial charge in [0, 0.05) is 43.6 Å². The van der Waals surface area contributed by atoms with E-state index in [1.54, 1.807) is 7.11 Å². The number of hydrogen-bond donors (Lipinski definition) is 1. The number of rotatable bonds is 1. The van der Waals surface area contributed by atoms with Crippen LogP contribution in [0.1, 0.15) is 24.4 Å². The summed E-state index contributed by atoms with van der Waals surface area (Å²) in [6, 6.07) is 5.98. The van der Waals surface area contributed by atoms with Gasteiger partial charge in [-0.2, -0.15) is 0 Å². The van der Waals surface area contributed by atoms with E-state index in [9.17, 15) is 0 Å². The van der Waals surface area contributed by atoms with E-state index in [0.717, 1.165) is 43.0 Å². The summed E-state index contributed by atoms with van der Waals surface area (Å²) in [6.45, 7) is 2.03. The molecular formula is C14H20N2O2. The Morgan fingerprint density at radius 3 is 3.00 bits per heavy atom. The molecule has 3 rings (SSSR count). The van der Waals surface area contributed by atoms with Gasteiger partial charge in [0.05, 0.1) is 7.11 Å². The van der Waals surface area contributed by atoms with Crippen molar-refractivity contribution in [2.24, 2.45) is 5.73 Å². The number of nitrogens with two attached hydrogens (primary N) is 1. The lowest BCUT2D eigenvalue weighted by Gasteiger charge is -2.38. The van der Waals surface area contributed by atoms with Crippen LogP contribution in [0.2, 0.25) is 0 Å². The minimum absolute atomic E-state index is 0.0613. The Kier molecular flexibility index (Phi) is 2.72. The van der Waals surface area contributed by atoms with E-state index in [-0.39, 0.29) is 11.6 Å². The molecule has 0 aromatic heterocycles. The first-order chi connectivity index (χ1) is 8.62. The van der Waals surface area contributed by atoms with Gasteiger partial charge in [-0.25, -0.2) is 0 Å². The molecule has 0 aliphatic carbocycles. The molecule has 1 unspecified atom stereocenters. The molecule has 4 heteroatoms. The second-order valence-corrected chi connectivity index (χ2v) is 5.49. The number of methoxy groups -OCH3 is 1. The van der Waals surface area contributed by atoms with E-state index >= 15 is 0 Å². The second-order valence-electron chi connectivity index (χ2n) is 5.49. The van der Waals surface area contributed by atoms with Crippen molar-refractivity contribution in [1.82, 2.24) is 4.90 Å². The maximum Gasteiger partial charge on any atom is 0.128 e. The van der Waals surface area contributed by atoms with Crippen molar-refractivity contribution in [3.63, 3.8) is 0 Å². The number of likely N-dealkylation sites (tertiary alicyclic amines) is 1. The topological polar surface area (TPSA) is 47.7 Å². The van der Waals surface area contributed by atoms with Crippen molar-refractivity contribution in [2.45, 2.75) is 24.5 Å².